The molecule has 0 aromatic rings. The van der Waals surface area contributed by atoms with Crippen LogP contribution in [0.2, 0.25) is 0 Å². The van der Waals surface area contributed by atoms with E-state index in [0.717, 1.165) is 5.92 Å². The number of hydrogen-bond acceptors (Lipinski definition) is 2. The summed E-state index contributed by atoms with van der Waals surface area (Å²) in [4.78, 5) is 4.83. The van der Waals surface area contributed by atoms with Crippen LogP contribution in [0.4, 0.5) is 0 Å². The van der Waals surface area contributed by atoms with Gasteiger partial charge < -0.3 is 9.80 Å². The number of nitrogens with zero attached hydrogens (tertiary/aromatic N) is 2. The molecule has 1 heterocycles. The van der Waals surface area contributed by atoms with Gasteiger partial charge in [0.1, 0.15) is 0 Å². The number of likely N-dealkylation sites (tertiary alicyclic amines) is 1. The molecule has 13 heavy (non-hydrogen) atoms. The molecule has 0 spiro atoms. The lowest BCUT2D eigenvalue weighted by Crippen LogP contribution is -2.25. The highest BCUT2D eigenvalue weighted by Gasteiger charge is 2.20. The molecule has 0 radical (unpaired) electrons. The Morgan fingerprint density at radius 2 is 1.92 bits per heavy atom. The normalized spacial score (nSPS) is 23.1. The van der Waals surface area contributed by atoms with E-state index in [1.54, 1.807) is 0 Å². The molecule has 0 saturated carbocycles. The van der Waals surface area contributed by atoms with Crippen LogP contribution in [0.1, 0.15) is 27.2 Å². The van der Waals surface area contributed by atoms with E-state index in [0.29, 0.717) is 0 Å². The zero-order valence-electron chi connectivity index (χ0n) is 10.0. The SMILES string of the molecule is CC.CCN1CCC(CN(C)C)C1. The first-order chi connectivity index (χ1) is 6.22. The topological polar surface area (TPSA) is 6.48 Å². The third kappa shape index (κ3) is 5.27. The third-order valence-electron chi connectivity index (χ3n) is 2.44. The van der Waals surface area contributed by atoms with Crippen molar-refractivity contribution >= 4 is 0 Å². The van der Waals surface area contributed by atoms with Gasteiger partial charge in [0, 0.05) is 13.1 Å². The van der Waals surface area contributed by atoms with Crippen LogP contribution in [0.25, 0.3) is 0 Å². The van der Waals surface area contributed by atoms with E-state index >= 15 is 0 Å². The van der Waals surface area contributed by atoms with Gasteiger partial charge in [-0.25, -0.2) is 0 Å². The minimum absolute atomic E-state index is 0.921. The van der Waals surface area contributed by atoms with Gasteiger partial charge >= 0.3 is 0 Å². The Bertz CT molecular complexity index is 113. The molecule has 0 amide bonds. The Labute approximate surface area is 83.9 Å². The Kier molecular flexibility index (Phi) is 7.29. The fourth-order valence-corrected chi connectivity index (χ4v) is 1.87. The second-order valence-electron chi connectivity index (χ2n) is 3.81. The monoisotopic (exact) mass is 186 g/mol. The molecular formula is C11H26N2. The summed E-state index contributed by atoms with van der Waals surface area (Å²) in [6.07, 6.45) is 1.39. The average molecular weight is 186 g/mol. The smallest absolute Gasteiger partial charge is 0.00222 e. The molecule has 80 valence electrons. The van der Waals surface area contributed by atoms with E-state index in [1.807, 2.05) is 13.8 Å². The molecule has 2 heteroatoms. The Morgan fingerprint density at radius 1 is 1.31 bits per heavy atom. The van der Waals surface area contributed by atoms with Gasteiger partial charge in [0.05, 0.1) is 0 Å². The van der Waals surface area contributed by atoms with Crippen LogP contribution in [0.15, 0.2) is 0 Å². The lowest BCUT2D eigenvalue weighted by Gasteiger charge is -2.16. The van der Waals surface area contributed by atoms with Crippen molar-refractivity contribution in [2.75, 3.05) is 40.3 Å². The molecule has 1 saturated heterocycles. The van der Waals surface area contributed by atoms with Crippen molar-refractivity contribution in [3.8, 4) is 0 Å². The quantitative estimate of drug-likeness (QED) is 0.664. The summed E-state index contributed by atoms with van der Waals surface area (Å²) >= 11 is 0. The van der Waals surface area contributed by atoms with Crippen molar-refractivity contribution in [1.82, 2.24) is 9.80 Å². The molecule has 1 unspecified atom stereocenters. The molecule has 0 aliphatic carbocycles. The van der Waals surface area contributed by atoms with E-state index in [-0.39, 0.29) is 0 Å². The van der Waals surface area contributed by atoms with E-state index < -0.39 is 0 Å². The summed E-state index contributed by atoms with van der Waals surface area (Å²) in [6, 6.07) is 0. The van der Waals surface area contributed by atoms with E-state index in [4.69, 9.17) is 0 Å². The zero-order valence-corrected chi connectivity index (χ0v) is 10.0. The zero-order chi connectivity index (χ0) is 10.3. The van der Waals surface area contributed by atoms with Crippen molar-refractivity contribution in [2.45, 2.75) is 27.2 Å². The molecule has 1 atom stereocenters. The largest absolute Gasteiger partial charge is 0.309 e. The van der Waals surface area contributed by atoms with Gasteiger partial charge in [0.25, 0.3) is 0 Å². The van der Waals surface area contributed by atoms with E-state index in [1.165, 1.54) is 32.6 Å². The Hall–Kier alpha value is -0.0800. The van der Waals surface area contributed by atoms with E-state index in [2.05, 4.69) is 30.8 Å². The van der Waals surface area contributed by atoms with Crippen molar-refractivity contribution in [3.05, 3.63) is 0 Å². The lowest BCUT2D eigenvalue weighted by molar-refractivity contribution is 0.299. The van der Waals surface area contributed by atoms with Gasteiger partial charge in [-0.05, 0) is 39.5 Å². The molecule has 0 bridgehead atoms. The van der Waals surface area contributed by atoms with Crippen LogP contribution in [-0.4, -0.2) is 50.1 Å². The Morgan fingerprint density at radius 3 is 2.31 bits per heavy atom. The van der Waals surface area contributed by atoms with Crippen LogP contribution in [-0.2, 0) is 0 Å². The van der Waals surface area contributed by atoms with Crippen LogP contribution in [0, 0.1) is 5.92 Å². The summed E-state index contributed by atoms with van der Waals surface area (Å²) in [5.41, 5.74) is 0. The first-order valence-electron chi connectivity index (χ1n) is 5.59. The van der Waals surface area contributed by atoms with Crippen molar-refractivity contribution in [3.63, 3.8) is 0 Å². The van der Waals surface area contributed by atoms with Gasteiger partial charge in [0.15, 0.2) is 0 Å². The highest BCUT2D eigenvalue weighted by molar-refractivity contribution is 4.75. The second-order valence-corrected chi connectivity index (χ2v) is 3.81. The standard InChI is InChI=1S/C9H20N2.C2H6/c1-4-11-6-5-9(8-11)7-10(2)3;1-2/h9H,4-8H2,1-3H3;1-2H3. The number of hydrogen-bond donors (Lipinski definition) is 0. The van der Waals surface area contributed by atoms with Crippen molar-refractivity contribution < 1.29 is 0 Å². The van der Waals surface area contributed by atoms with Crippen molar-refractivity contribution in [1.29, 1.82) is 0 Å². The van der Waals surface area contributed by atoms with Gasteiger partial charge in [0.2, 0.25) is 0 Å². The van der Waals surface area contributed by atoms with Crippen LogP contribution in [0.5, 0.6) is 0 Å². The maximum atomic E-state index is 2.54. The van der Waals surface area contributed by atoms with Crippen LogP contribution >= 0.6 is 0 Å². The maximum absolute atomic E-state index is 2.54. The molecule has 0 aromatic carbocycles. The fourth-order valence-electron chi connectivity index (χ4n) is 1.87. The molecular weight excluding hydrogens is 160 g/mol. The highest BCUT2D eigenvalue weighted by atomic mass is 15.2. The first-order valence-corrected chi connectivity index (χ1v) is 5.59. The minimum Gasteiger partial charge on any atom is -0.309 e. The van der Waals surface area contributed by atoms with Gasteiger partial charge in [-0.15, -0.1) is 0 Å². The number of rotatable bonds is 3. The molecule has 0 N–H and O–H groups in total. The summed E-state index contributed by atoms with van der Waals surface area (Å²) in [6.45, 7) is 11.4. The fraction of sp³-hybridized carbons (Fsp3) is 1.00. The second kappa shape index (κ2) is 7.34. The average Bonchev–Trinajstić information content (AvgIpc) is 2.55. The van der Waals surface area contributed by atoms with Crippen LogP contribution < -0.4 is 0 Å². The molecule has 2 nitrogen and oxygen atoms in total. The van der Waals surface area contributed by atoms with Gasteiger partial charge in [-0.3, -0.25) is 0 Å². The summed E-state index contributed by atoms with van der Waals surface area (Å²) < 4.78 is 0. The third-order valence-corrected chi connectivity index (χ3v) is 2.44. The highest BCUT2D eigenvalue weighted by Crippen LogP contribution is 2.15. The van der Waals surface area contributed by atoms with Gasteiger partial charge in [-0.1, -0.05) is 20.8 Å². The molecule has 0 aromatic heterocycles. The van der Waals surface area contributed by atoms with E-state index in [9.17, 15) is 0 Å². The maximum Gasteiger partial charge on any atom is 0.00222 e. The first kappa shape index (κ1) is 12.9. The predicted octanol–water partition coefficient (Wildman–Crippen LogP) is 1.92. The summed E-state index contributed by atoms with van der Waals surface area (Å²) in [5, 5.41) is 0. The van der Waals surface area contributed by atoms with Crippen LogP contribution in [0.3, 0.4) is 0 Å². The summed E-state index contributed by atoms with van der Waals surface area (Å²) in [7, 11) is 4.32. The van der Waals surface area contributed by atoms with Crippen molar-refractivity contribution in [2.24, 2.45) is 5.92 Å². The molecule has 1 aliphatic heterocycles. The molecule has 1 fully saturated rings. The molecule has 1 rings (SSSR count). The van der Waals surface area contributed by atoms with Gasteiger partial charge in [-0.2, -0.15) is 0 Å². The summed E-state index contributed by atoms with van der Waals surface area (Å²) in [5.74, 6) is 0.921. The lowest BCUT2D eigenvalue weighted by atomic mass is 10.1. The Balaban J connectivity index is 0.000000671. The minimum atomic E-state index is 0.921. The predicted molar refractivity (Wildman–Crippen MR) is 60.1 cm³/mol. The molecule has 1 aliphatic rings.